The van der Waals surface area contributed by atoms with Crippen LogP contribution in [-0.2, 0) is 11.3 Å². The Hall–Kier alpha value is -3.22. The van der Waals surface area contributed by atoms with E-state index in [4.69, 9.17) is 4.74 Å². The van der Waals surface area contributed by atoms with Crippen LogP contribution in [0, 0.1) is 0 Å². The normalized spacial score (nSPS) is 14.8. The van der Waals surface area contributed by atoms with Crippen LogP contribution in [0.1, 0.15) is 36.9 Å². The fourth-order valence-corrected chi connectivity index (χ4v) is 3.62. The van der Waals surface area contributed by atoms with Crippen LogP contribution < -0.4 is 25.6 Å². The van der Waals surface area contributed by atoms with Gasteiger partial charge in [-0.3, -0.25) is 9.79 Å². The van der Waals surface area contributed by atoms with Crippen LogP contribution in [0.4, 0.5) is 5.69 Å². The van der Waals surface area contributed by atoms with Gasteiger partial charge in [-0.25, -0.2) is 0 Å². The molecule has 0 saturated carbocycles. The van der Waals surface area contributed by atoms with Gasteiger partial charge in [0.1, 0.15) is 5.75 Å². The van der Waals surface area contributed by atoms with Crippen molar-refractivity contribution in [1.29, 1.82) is 0 Å². The molecule has 1 saturated heterocycles. The lowest BCUT2D eigenvalue weighted by Crippen LogP contribution is -2.43. The highest BCUT2D eigenvalue weighted by molar-refractivity contribution is 5.86. The van der Waals surface area contributed by atoms with Crippen molar-refractivity contribution in [2.45, 2.75) is 32.4 Å². The molecule has 1 fully saturated rings. The number of aliphatic imine (C=N–C) groups is 1. The molecule has 1 heterocycles. The van der Waals surface area contributed by atoms with Gasteiger partial charge < -0.3 is 25.6 Å². The molecule has 7 nitrogen and oxygen atoms in total. The van der Waals surface area contributed by atoms with Crippen LogP contribution in [0.3, 0.4) is 0 Å². The Labute approximate surface area is 184 Å². The Kier molecular flexibility index (Phi) is 8.15. The topological polar surface area (TPSA) is 78.0 Å². The molecule has 0 aromatic heterocycles. The van der Waals surface area contributed by atoms with E-state index in [1.54, 1.807) is 14.2 Å². The minimum Gasteiger partial charge on any atom is -0.497 e. The fourth-order valence-electron chi connectivity index (χ4n) is 3.62. The van der Waals surface area contributed by atoms with E-state index >= 15 is 0 Å². The maximum Gasteiger partial charge on any atom is 0.239 e. The van der Waals surface area contributed by atoms with Crippen LogP contribution in [0.15, 0.2) is 53.5 Å². The average molecular weight is 424 g/mol. The van der Waals surface area contributed by atoms with E-state index in [1.165, 1.54) is 24.1 Å². The highest BCUT2D eigenvalue weighted by Crippen LogP contribution is 2.23. The van der Waals surface area contributed by atoms with Crippen molar-refractivity contribution in [3.05, 3.63) is 59.7 Å². The van der Waals surface area contributed by atoms with E-state index in [-0.39, 0.29) is 18.5 Å². The van der Waals surface area contributed by atoms with Gasteiger partial charge in [-0.15, -0.1) is 0 Å². The third-order valence-corrected chi connectivity index (χ3v) is 5.48. The fraction of sp³-hybridized carbons (Fsp3) is 0.417. The first kappa shape index (κ1) is 22.5. The number of amides is 1. The summed E-state index contributed by atoms with van der Waals surface area (Å²) in [6.45, 7) is 4.96. The number of hydrogen-bond donors (Lipinski definition) is 3. The quantitative estimate of drug-likeness (QED) is 0.450. The lowest BCUT2D eigenvalue weighted by Gasteiger charge is -2.22. The molecule has 7 heteroatoms. The molecule has 0 radical (unpaired) electrons. The smallest absolute Gasteiger partial charge is 0.239 e. The van der Waals surface area contributed by atoms with Crippen LogP contribution >= 0.6 is 0 Å². The van der Waals surface area contributed by atoms with Gasteiger partial charge in [-0.1, -0.05) is 24.3 Å². The maximum absolute atomic E-state index is 12.2. The number of rotatable bonds is 8. The van der Waals surface area contributed by atoms with E-state index < -0.39 is 0 Å². The van der Waals surface area contributed by atoms with Crippen molar-refractivity contribution in [3.63, 3.8) is 0 Å². The molecule has 1 amide bonds. The number of ether oxygens (including phenoxy) is 1. The SMILES string of the molecule is CN=C(NCC(=O)NCc1ccc(OC)cc1)NC(C)c1cccc(N2CCCC2)c1. The van der Waals surface area contributed by atoms with Crippen LogP contribution in [0.2, 0.25) is 0 Å². The number of hydrogen-bond acceptors (Lipinski definition) is 4. The molecule has 3 rings (SSSR count). The average Bonchev–Trinajstić information content (AvgIpc) is 3.35. The first-order chi connectivity index (χ1) is 15.1. The Morgan fingerprint density at radius 3 is 2.55 bits per heavy atom. The molecule has 1 aliphatic heterocycles. The van der Waals surface area contributed by atoms with Crippen molar-refractivity contribution < 1.29 is 9.53 Å². The Bertz CT molecular complexity index is 876. The second-order valence-electron chi connectivity index (χ2n) is 7.71. The van der Waals surface area contributed by atoms with Gasteiger partial charge in [-0.2, -0.15) is 0 Å². The van der Waals surface area contributed by atoms with E-state index in [1.807, 2.05) is 24.3 Å². The van der Waals surface area contributed by atoms with Gasteiger partial charge in [0.2, 0.25) is 5.91 Å². The highest BCUT2D eigenvalue weighted by Gasteiger charge is 2.14. The number of benzene rings is 2. The van der Waals surface area contributed by atoms with E-state index in [0.29, 0.717) is 12.5 Å². The van der Waals surface area contributed by atoms with Gasteiger partial charge in [-0.05, 0) is 55.2 Å². The zero-order valence-electron chi connectivity index (χ0n) is 18.6. The molecule has 0 spiro atoms. The summed E-state index contributed by atoms with van der Waals surface area (Å²) in [6.07, 6.45) is 2.52. The molecular formula is C24H33N5O2. The highest BCUT2D eigenvalue weighted by atomic mass is 16.5. The number of nitrogens with one attached hydrogen (secondary N) is 3. The Morgan fingerprint density at radius 1 is 1.13 bits per heavy atom. The third-order valence-electron chi connectivity index (χ3n) is 5.48. The lowest BCUT2D eigenvalue weighted by atomic mass is 10.1. The Morgan fingerprint density at radius 2 is 1.87 bits per heavy atom. The van der Waals surface area contributed by atoms with Crippen LogP contribution in [0.25, 0.3) is 0 Å². The number of carbonyl (C=O) groups excluding carboxylic acids is 1. The number of methoxy groups -OCH3 is 1. The summed E-state index contributed by atoms with van der Waals surface area (Å²) in [5.41, 5.74) is 3.48. The van der Waals surface area contributed by atoms with E-state index in [2.05, 4.69) is 57.0 Å². The summed E-state index contributed by atoms with van der Waals surface area (Å²) in [6, 6.07) is 16.3. The molecule has 1 aliphatic rings. The van der Waals surface area contributed by atoms with Crippen LogP contribution in [0.5, 0.6) is 5.75 Å². The first-order valence-corrected chi connectivity index (χ1v) is 10.8. The van der Waals surface area contributed by atoms with Crippen LogP contribution in [-0.4, -0.2) is 45.7 Å². The molecule has 2 aromatic carbocycles. The van der Waals surface area contributed by atoms with Crippen molar-refractivity contribution in [1.82, 2.24) is 16.0 Å². The van der Waals surface area contributed by atoms with Gasteiger partial charge in [0.05, 0.1) is 19.7 Å². The molecule has 2 aromatic rings. The molecule has 0 aliphatic carbocycles. The van der Waals surface area contributed by atoms with Gasteiger partial charge in [0.25, 0.3) is 0 Å². The minimum atomic E-state index is -0.0950. The van der Waals surface area contributed by atoms with Gasteiger partial charge in [0.15, 0.2) is 5.96 Å². The summed E-state index contributed by atoms with van der Waals surface area (Å²) in [7, 11) is 3.34. The summed E-state index contributed by atoms with van der Waals surface area (Å²) in [5, 5.41) is 9.37. The predicted molar refractivity (Wildman–Crippen MR) is 126 cm³/mol. The molecule has 0 bridgehead atoms. The molecule has 31 heavy (non-hydrogen) atoms. The van der Waals surface area contributed by atoms with Gasteiger partial charge in [0, 0.05) is 32.4 Å². The standard InChI is InChI=1S/C24H33N5O2/c1-18(20-7-6-8-21(15-20)29-13-4-5-14-29)28-24(25-2)27-17-23(30)26-16-19-9-11-22(31-3)12-10-19/h6-12,15,18H,4-5,13-14,16-17H2,1-3H3,(H,26,30)(H2,25,27,28). The Balaban J connectivity index is 1.46. The second kappa shape index (κ2) is 11.2. The van der Waals surface area contributed by atoms with Crippen molar-refractivity contribution in [2.24, 2.45) is 4.99 Å². The van der Waals surface area contributed by atoms with Crippen molar-refractivity contribution in [3.8, 4) is 5.75 Å². The minimum absolute atomic E-state index is 0.0658. The zero-order chi connectivity index (χ0) is 22.1. The predicted octanol–water partition coefficient (Wildman–Crippen LogP) is 2.84. The lowest BCUT2D eigenvalue weighted by molar-refractivity contribution is -0.120. The van der Waals surface area contributed by atoms with Crippen molar-refractivity contribution in [2.75, 3.05) is 38.7 Å². The molecule has 166 valence electrons. The number of nitrogens with zero attached hydrogens (tertiary/aromatic N) is 2. The summed E-state index contributed by atoms with van der Waals surface area (Å²) < 4.78 is 5.15. The number of anilines is 1. The first-order valence-electron chi connectivity index (χ1n) is 10.8. The molecule has 3 N–H and O–H groups in total. The number of carbonyl (C=O) groups is 1. The molecular weight excluding hydrogens is 390 g/mol. The van der Waals surface area contributed by atoms with Gasteiger partial charge >= 0.3 is 0 Å². The third kappa shape index (κ3) is 6.64. The number of guanidine groups is 1. The van der Waals surface area contributed by atoms with E-state index in [9.17, 15) is 4.79 Å². The monoisotopic (exact) mass is 423 g/mol. The zero-order valence-corrected chi connectivity index (χ0v) is 18.6. The summed E-state index contributed by atoms with van der Waals surface area (Å²) >= 11 is 0. The molecule has 1 atom stereocenters. The van der Waals surface area contributed by atoms with Crippen molar-refractivity contribution >= 4 is 17.6 Å². The molecule has 1 unspecified atom stereocenters. The second-order valence-corrected chi connectivity index (χ2v) is 7.71. The summed E-state index contributed by atoms with van der Waals surface area (Å²) in [5.74, 6) is 1.30. The maximum atomic E-state index is 12.2. The summed E-state index contributed by atoms with van der Waals surface area (Å²) in [4.78, 5) is 18.9. The largest absolute Gasteiger partial charge is 0.497 e. The van der Waals surface area contributed by atoms with E-state index in [0.717, 1.165) is 24.4 Å².